The minimum absolute atomic E-state index is 0.0294. The van der Waals surface area contributed by atoms with Gasteiger partial charge in [-0.15, -0.1) is 10.2 Å². The SMILES string of the molecule is COCN1C(=O)OC2(CCN(C(=O)N[C@@H]3CC[C@@H](c4cccc(F)c4F)Cn4c(CC(F)(F)F)nnc43)CC2)c2cccnc21. The molecule has 240 valence electrons. The Kier molecular flexibility index (Phi) is 8.09. The number of anilines is 1. The molecule has 5 heterocycles. The van der Waals surface area contributed by atoms with Crippen LogP contribution in [0.1, 0.15) is 60.4 Å². The lowest BCUT2D eigenvalue weighted by Crippen LogP contribution is -2.54. The van der Waals surface area contributed by atoms with E-state index in [9.17, 15) is 31.5 Å². The highest BCUT2D eigenvalue weighted by Crippen LogP contribution is 2.45. The van der Waals surface area contributed by atoms with E-state index in [-0.39, 0.29) is 69.3 Å². The number of nitrogens with one attached hydrogen (secondary N) is 1. The maximum Gasteiger partial charge on any atom is 0.418 e. The highest BCUT2D eigenvalue weighted by atomic mass is 19.4. The summed E-state index contributed by atoms with van der Waals surface area (Å²) in [5, 5.41) is 10.6. The van der Waals surface area contributed by atoms with Gasteiger partial charge in [-0.2, -0.15) is 13.2 Å². The first kappa shape index (κ1) is 30.7. The van der Waals surface area contributed by atoms with Crippen LogP contribution in [0.4, 0.5) is 37.4 Å². The lowest BCUT2D eigenvalue weighted by molar-refractivity contribution is -0.129. The number of benzene rings is 1. The smallest absolute Gasteiger partial charge is 0.418 e. The molecule has 3 aliphatic rings. The number of hydrogen-bond donors (Lipinski definition) is 1. The number of halogens is 5. The van der Waals surface area contributed by atoms with Crippen molar-refractivity contribution in [2.24, 2.45) is 0 Å². The zero-order valence-corrected chi connectivity index (χ0v) is 24.2. The van der Waals surface area contributed by atoms with Crippen LogP contribution in [0.3, 0.4) is 0 Å². The van der Waals surface area contributed by atoms with Gasteiger partial charge in [-0.3, -0.25) is 0 Å². The van der Waals surface area contributed by atoms with Crippen molar-refractivity contribution in [1.29, 1.82) is 0 Å². The fraction of sp³-hybridized carbons (Fsp3) is 0.483. The number of methoxy groups -OCH3 is 1. The Hall–Kier alpha value is -4.34. The van der Waals surface area contributed by atoms with Gasteiger partial charge in [0, 0.05) is 57.3 Å². The molecule has 1 aromatic carbocycles. The maximum absolute atomic E-state index is 14.8. The average molecular weight is 636 g/mol. The van der Waals surface area contributed by atoms with Crippen molar-refractivity contribution >= 4 is 17.9 Å². The Morgan fingerprint density at radius 1 is 1.13 bits per heavy atom. The van der Waals surface area contributed by atoms with Gasteiger partial charge in [-0.05, 0) is 36.6 Å². The number of hydrogen-bond acceptors (Lipinski definition) is 7. The standard InChI is InChI=1S/C29H30F5N7O4/c1-44-16-41-24-19(5-3-11-35-24)28(45-27(41)43)9-12-39(13-10-28)26(42)36-21-8-7-17(18-4-2-6-20(30)23(18)31)15-40-22(14-29(32,33)34)37-38-25(21)40/h2-6,11,17,21H,7-10,12-16H2,1H3,(H,36,42)/t17-,21-/m1/s1. The van der Waals surface area contributed by atoms with E-state index in [2.05, 4.69) is 20.5 Å². The highest BCUT2D eigenvalue weighted by Gasteiger charge is 2.48. The number of urea groups is 1. The van der Waals surface area contributed by atoms with Gasteiger partial charge in [0.05, 0.1) is 6.04 Å². The third-order valence-electron chi connectivity index (χ3n) is 8.60. The van der Waals surface area contributed by atoms with Crippen molar-refractivity contribution in [3.05, 3.63) is 70.9 Å². The molecule has 6 rings (SSSR count). The van der Waals surface area contributed by atoms with Crippen LogP contribution in [-0.4, -0.2) is 69.9 Å². The van der Waals surface area contributed by atoms with Crippen LogP contribution < -0.4 is 10.2 Å². The molecule has 0 bridgehead atoms. The van der Waals surface area contributed by atoms with Crippen LogP contribution in [0.2, 0.25) is 0 Å². The second-order valence-electron chi connectivity index (χ2n) is 11.4. The maximum atomic E-state index is 14.8. The van der Waals surface area contributed by atoms with Crippen LogP contribution in [0.25, 0.3) is 0 Å². The molecule has 45 heavy (non-hydrogen) atoms. The second kappa shape index (κ2) is 11.9. The average Bonchev–Trinajstić information content (AvgIpc) is 3.28. The Morgan fingerprint density at radius 2 is 1.91 bits per heavy atom. The molecule has 1 N–H and O–H groups in total. The van der Waals surface area contributed by atoms with Crippen molar-refractivity contribution < 1.29 is 41.0 Å². The fourth-order valence-corrected chi connectivity index (χ4v) is 6.41. The number of likely N-dealkylation sites (tertiary alicyclic amines) is 1. The van der Waals surface area contributed by atoms with Crippen molar-refractivity contribution in [2.75, 3.05) is 31.8 Å². The van der Waals surface area contributed by atoms with E-state index in [0.717, 1.165) is 6.07 Å². The second-order valence-corrected chi connectivity index (χ2v) is 11.4. The van der Waals surface area contributed by atoms with E-state index in [1.54, 1.807) is 12.3 Å². The number of alkyl halides is 3. The number of pyridine rings is 1. The Balaban J connectivity index is 1.21. The fourth-order valence-electron chi connectivity index (χ4n) is 6.41. The number of carbonyl (C=O) groups excluding carboxylic acids is 2. The molecule has 3 amide bonds. The van der Waals surface area contributed by atoms with Crippen molar-refractivity contribution in [1.82, 2.24) is 30.0 Å². The molecule has 11 nitrogen and oxygen atoms in total. The first-order valence-corrected chi connectivity index (χ1v) is 14.4. The van der Waals surface area contributed by atoms with Crippen LogP contribution in [0, 0.1) is 11.6 Å². The first-order chi connectivity index (χ1) is 21.5. The molecule has 2 aromatic heterocycles. The molecule has 0 radical (unpaired) electrons. The molecule has 0 aliphatic carbocycles. The van der Waals surface area contributed by atoms with Crippen LogP contribution in [-0.2, 0) is 28.0 Å². The molecule has 16 heteroatoms. The number of aromatic nitrogens is 4. The molecule has 2 atom stereocenters. The molecule has 1 spiro atoms. The number of rotatable bonds is 5. The molecule has 3 aliphatic heterocycles. The highest BCUT2D eigenvalue weighted by molar-refractivity contribution is 5.90. The summed E-state index contributed by atoms with van der Waals surface area (Å²) in [6, 6.07) is 5.94. The normalized spacial score (nSPS) is 21.2. The minimum Gasteiger partial charge on any atom is -0.437 e. The number of nitrogens with zero attached hydrogens (tertiary/aromatic N) is 6. The van der Waals surface area contributed by atoms with E-state index in [1.807, 2.05) is 6.07 Å². The molecule has 0 unspecified atom stereocenters. The van der Waals surface area contributed by atoms with E-state index in [4.69, 9.17) is 9.47 Å². The summed E-state index contributed by atoms with van der Waals surface area (Å²) < 4.78 is 81.3. The quantitative estimate of drug-likeness (QED) is 0.396. The van der Waals surface area contributed by atoms with E-state index < -0.39 is 53.9 Å². The molecular formula is C29H30F5N7O4. The van der Waals surface area contributed by atoms with Crippen molar-refractivity contribution in [2.45, 2.75) is 62.4 Å². The first-order valence-electron chi connectivity index (χ1n) is 14.4. The minimum atomic E-state index is -4.59. The lowest BCUT2D eigenvalue weighted by atomic mass is 9.83. The van der Waals surface area contributed by atoms with Gasteiger partial charge in [0.1, 0.15) is 30.4 Å². The monoisotopic (exact) mass is 635 g/mol. The largest absolute Gasteiger partial charge is 0.437 e. The van der Waals surface area contributed by atoms with Gasteiger partial charge in [-0.25, -0.2) is 28.3 Å². The zero-order valence-electron chi connectivity index (χ0n) is 24.2. The van der Waals surface area contributed by atoms with Crippen LogP contribution in [0.15, 0.2) is 36.5 Å². The Bertz CT molecular complexity index is 1590. The summed E-state index contributed by atoms with van der Waals surface area (Å²) >= 11 is 0. The summed E-state index contributed by atoms with van der Waals surface area (Å²) in [5.74, 6) is -2.66. The molecular weight excluding hydrogens is 605 g/mol. The van der Waals surface area contributed by atoms with Gasteiger partial charge >= 0.3 is 18.3 Å². The number of carbonyl (C=O) groups is 2. The number of piperidine rings is 1. The van der Waals surface area contributed by atoms with Gasteiger partial charge in [0.25, 0.3) is 0 Å². The topological polar surface area (TPSA) is 115 Å². The number of fused-ring (bicyclic) bond motifs is 3. The predicted molar refractivity (Wildman–Crippen MR) is 147 cm³/mol. The third-order valence-corrected chi connectivity index (χ3v) is 8.60. The molecule has 3 aromatic rings. The molecule has 0 saturated carbocycles. The number of ether oxygens (including phenoxy) is 2. The molecule has 1 fully saturated rings. The zero-order chi connectivity index (χ0) is 31.9. The summed E-state index contributed by atoms with van der Waals surface area (Å²) in [4.78, 5) is 33.6. The number of amides is 3. The van der Waals surface area contributed by atoms with E-state index in [1.165, 1.54) is 33.6 Å². The summed E-state index contributed by atoms with van der Waals surface area (Å²) in [5.41, 5.74) is -0.271. The van der Waals surface area contributed by atoms with Crippen molar-refractivity contribution in [3.8, 4) is 0 Å². The molecule has 1 saturated heterocycles. The lowest BCUT2D eigenvalue weighted by Gasteiger charge is -2.45. The third kappa shape index (κ3) is 5.90. The predicted octanol–water partition coefficient (Wildman–Crippen LogP) is 4.94. The Labute approximate surface area is 254 Å². The Morgan fingerprint density at radius 3 is 2.64 bits per heavy atom. The summed E-state index contributed by atoms with van der Waals surface area (Å²) in [6.45, 7) is 0.240. The van der Waals surface area contributed by atoms with E-state index in [0.29, 0.717) is 11.4 Å². The van der Waals surface area contributed by atoms with Gasteiger partial charge in [-0.1, -0.05) is 12.1 Å². The van der Waals surface area contributed by atoms with Crippen LogP contribution in [0.5, 0.6) is 0 Å². The summed E-state index contributed by atoms with van der Waals surface area (Å²) in [6.07, 6.45) is -4.01. The van der Waals surface area contributed by atoms with E-state index >= 15 is 0 Å². The van der Waals surface area contributed by atoms with Gasteiger partial charge in [0.2, 0.25) is 0 Å². The summed E-state index contributed by atoms with van der Waals surface area (Å²) in [7, 11) is 1.45. The van der Waals surface area contributed by atoms with Gasteiger partial charge in [0.15, 0.2) is 17.5 Å². The van der Waals surface area contributed by atoms with Crippen LogP contribution >= 0.6 is 0 Å². The van der Waals surface area contributed by atoms with Gasteiger partial charge < -0.3 is 24.3 Å². The van der Waals surface area contributed by atoms with Crippen molar-refractivity contribution in [3.63, 3.8) is 0 Å².